The fraction of sp³-hybridized carbons (Fsp3) is 0.500. The van der Waals surface area contributed by atoms with Crippen LogP contribution in [0.2, 0.25) is 0 Å². The van der Waals surface area contributed by atoms with E-state index in [4.69, 9.17) is 15.2 Å². The molecule has 1 aliphatic heterocycles. The quantitative estimate of drug-likeness (QED) is 0.814. The molecule has 1 saturated heterocycles. The molecule has 2 N–H and O–H groups in total. The standard InChI is InChI=1S/C20H26FN5O4/c1-12-9-26(11-24-12)13-7-14(17(22)27)18(23-8-13)29-16-5-6-25(10-15(16)21)19(28)30-20(2,3)4/h7-9,11,15-16H,5-6,10H2,1-4H3,(H2,22,27)/t15-,16+/m0/s1. The van der Waals surface area contributed by atoms with E-state index in [1.807, 2.05) is 6.92 Å². The van der Waals surface area contributed by atoms with Crippen molar-refractivity contribution in [1.29, 1.82) is 0 Å². The molecule has 0 unspecified atom stereocenters. The Balaban J connectivity index is 1.72. The lowest BCUT2D eigenvalue weighted by molar-refractivity contribution is -0.0115. The summed E-state index contributed by atoms with van der Waals surface area (Å²) in [5.41, 5.74) is 6.24. The van der Waals surface area contributed by atoms with Gasteiger partial charge in [-0.05, 0) is 33.8 Å². The van der Waals surface area contributed by atoms with Crippen molar-refractivity contribution in [2.45, 2.75) is 52.0 Å². The number of primary amides is 1. The van der Waals surface area contributed by atoms with Crippen LogP contribution in [0.4, 0.5) is 9.18 Å². The van der Waals surface area contributed by atoms with Crippen molar-refractivity contribution >= 4 is 12.0 Å². The molecule has 1 aliphatic rings. The van der Waals surface area contributed by atoms with Gasteiger partial charge in [-0.2, -0.15) is 0 Å². The summed E-state index contributed by atoms with van der Waals surface area (Å²) in [4.78, 5) is 33.7. The van der Waals surface area contributed by atoms with Gasteiger partial charge >= 0.3 is 6.09 Å². The number of alkyl halides is 1. The molecule has 162 valence electrons. The number of hydrogen-bond acceptors (Lipinski definition) is 6. The van der Waals surface area contributed by atoms with Gasteiger partial charge in [-0.25, -0.2) is 19.2 Å². The van der Waals surface area contributed by atoms with E-state index in [1.54, 1.807) is 37.9 Å². The van der Waals surface area contributed by atoms with Gasteiger partial charge in [0.2, 0.25) is 5.88 Å². The van der Waals surface area contributed by atoms with Crippen LogP contribution in [0.15, 0.2) is 24.8 Å². The summed E-state index contributed by atoms with van der Waals surface area (Å²) in [6.07, 6.45) is 2.17. The van der Waals surface area contributed by atoms with E-state index in [-0.39, 0.29) is 31.0 Å². The molecule has 2 aromatic rings. The Hall–Kier alpha value is -3.17. The highest BCUT2D eigenvalue weighted by atomic mass is 19.1. The number of nitrogens with zero attached hydrogens (tertiary/aromatic N) is 4. The number of aromatic nitrogens is 3. The number of imidazole rings is 1. The second-order valence-electron chi connectivity index (χ2n) is 8.22. The number of rotatable bonds is 4. The normalized spacial score (nSPS) is 19.4. The van der Waals surface area contributed by atoms with Crippen molar-refractivity contribution in [1.82, 2.24) is 19.4 Å². The highest BCUT2D eigenvalue weighted by molar-refractivity contribution is 5.95. The van der Waals surface area contributed by atoms with Gasteiger partial charge in [-0.1, -0.05) is 0 Å². The van der Waals surface area contributed by atoms with Crippen LogP contribution >= 0.6 is 0 Å². The van der Waals surface area contributed by atoms with Crippen molar-refractivity contribution in [3.05, 3.63) is 36.0 Å². The van der Waals surface area contributed by atoms with E-state index in [2.05, 4.69) is 9.97 Å². The molecule has 0 aromatic carbocycles. The maximum absolute atomic E-state index is 14.7. The van der Waals surface area contributed by atoms with E-state index < -0.39 is 29.9 Å². The Morgan fingerprint density at radius 1 is 1.30 bits per heavy atom. The van der Waals surface area contributed by atoms with E-state index in [0.717, 1.165) is 5.69 Å². The zero-order valence-electron chi connectivity index (χ0n) is 17.5. The molecule has 0 spiro atoms. The topological polar surface area (TPSA) is 113 Å². The van der Waals surface area contributed by atoms with E-state index in [1.165, 1.54) is 17.2 Å². The molecular formula is C20H26FN5O4. The highest BCUT2D eigenvalue weighted by Crippen LogP contribution is 2.25. The minimum Gasteiger partial charge on any atom is -0.471 e. The highest BCUT2D eigenvalue weighted by Gasteiger charge is 2.35. The minimum atomic E-state index is -1.47. The van der Waals surface area contributed by atoms with Crippen LogP contribution < -0.4 is 10.5 Å². The Kier molecular flexibility index (Phi) is 5.95. The molecule has 30 heavy (non-hydrogen) atoms. The van der Waals surface area contributed by atoms with Gasteiger partial charge in [0.15, 0.2) is 6.17 Å². The van der Waals surface area contributed by atoms with Gasteiger partial charge in [0, 0.05) is 19.2 Å². The molecule has 1 fully saturated rings. The van der Waals surface area contributed by atoms with Crippen LogP contribution in [0.5, 0.6) is 5.88 Å². The summed E-state index contributed by atoms with van der Waals surface area (Å²) >= 11 is 0. The fourth-order valence-corrected chi connectivity index (χ4v) is 3.07. The first-order chi connectivity index (χ1) is 14.0. The van der Waals surface area contributed by atoms with Crippen LogP contribution in [-0.4, -0.2) is 62.4 Å². The zero-order valence-corrected chi connectivity index (χ0v) is 17.5. The van der Waals surface area contributed by atoms with Gasteiger partial charge in [0.25, 0.3) is 5.91 Å². The Labute approximate surface area is 174 Å². The number of hydrogen-bond donors (Lipinski definition) is 1. The van der Waals surface area contributed by atoms with Crippen molar-refractivity contribution < 1.29 is 23.5 Å². The number of carbonyl (C=O) groups excluding carboxylic acids is 2. The lowest BCUT2D eigenvalue weighted by atomic mass is 10.1. The van der Waals surface area contributed by atoms with Crippen LogP contribution in [-0.2, 0) is 4.74 Å². The zero-order chi connectivity index (χ0) is 22.1. The first-order valence-electron chi connectivity index (χ1n) is 9.63. The molecule has 2 aromatic heterocycles. The molecule has 2 amide bonds. The first-order valence-corrected chi connectivity index (χ1v) is 9.63. The SMILES string of the molecule is Cc1cn(-c2cnc(O[C@@H]3CCN(C(=O)OC(C)(C)C)C[C@@H]3F)c(C(N)=O)c2)cn1. The maximum atomic E-state index is 14.7. The average molecular weight is 419 g/mol. The molecule has 3 heterocycles. The summed E-state index contributed by atoms with van der Waals surface area (Å²) in [6, 6.07) is 1.52. The molecule has 10 heteroatoms. The molecule has 0 radical (unpaired) electrons. The number of pyridine rings is 1. The Bertz CT molecular complexity index is 940. The minimum absolute atomic E-state index is 0.0403. The summed E-state index contributed by atoms with van der Waals surface area (Å²) < 4.78 is 27.4. The maximum Gasteiger partial charge on any atom is 0.410 e. The third-order valence-electron chi connectivity index (χ3n) is 4.51. The summed E-state index contributed by atoms with van der Waals surface area (Å²) in [5.74, 6) is -0.778. The van der Waals surface area contributed by atoms with Gasteiger partial charge in [0.1, 0.15) is 17.3 Å². The van der Waals surface area contributed by atoms with Crippen LogP contribution in [0.1, 0.15) is 43.2 Å². The van der Waals surface area contributed by atoms with Crippen LogP contribution in [0.3, 0.4) is 0 Å². The summed E-state index contributed by atoms with van der Waals surface area (Å²) in [5, 5.41) is 0. The number of nitrogens with two attached hydrogens (primary N) is 1. The van der Waals surface area contributed by atoms with Gasteiger partial charge in [-0.15, -0.1) is 0 Å². The second kappa shape index (κ2) is 8.29. The van der Waals surface area contributed by atoms with Gasteiger partial charge in [0.05, 0.1) is 30.5 Å². The molecule has 0 bridgehead atoms. The average Bonchev–Trinajstić information content (AvgIpc) is 3.08. The number of aryl methyl sites for hydroxylation is 1. The number of piperidine rings is 1. The number of halogens is 1. The number of ether oxygens (including phenoxy) is 2. The monoisotopic (exact) mass is 419 g/mol. The predicted octanol–water partition coefficient (Wildman–Crippen LogP) is 2.40. The fourth-order valence-electron chi connectivity index (χ4n) is 3.07. The smallest absolute Gasteiger partial charge is 0.410 e. The summed E-state index contributed by atoms with van der Waals surface area (Å²) in [6.45, 7) is 7.18. The number of likely N-dealkylation sites (tertiary alicyclic amines) is 1. The Morgan fingerprint density at radius 3 is 2.60 bits per heavy atom. The molecule has 3 rings (SSSR count). The van der Waals surface area contributed by atoms with Crippen molar-refractivity contribution in [3.8, 4) is 11.6 Å². The number of amides is 2. The van der Waals surface area contributed by atoms with E-state index >= 15 is 0 Å². The predicted molar refractivity (Wildman–Crippen MR) is 106 cm³/mol. The van der Waals surface area contributed by atoms with Crippen molar-refractivity contribution in [2.75, 3.05) is 13.1 Å². The van der Waals surface area contributed by atoms with E-state index in [0.29, 0.717) is 5.69 Å². The van der Waals surface area contributed by atoms with Crippen molar-refractivity contribution in [2.24, 2.45) is 5.73 Å². The van der Waals surface area contributed by atoms with Gasteiger partial charge < -0.3 is 24.7 Å². The largest absolute Gasteiger partial charge is 0.471 e. The van der Waals surface area contributed by atoms with Gasteiger partial charge in [-0.3, -0.25) is 4.79 Å². The third kappa shape index (κ3) is 5.05. The lowest BCUT2D eigenvalue weighted by Gasteiger charge is -2.35. The second-order valence-corrected chi connectivity index (χ2v) is 8.22. The first kappa shape index (κ1) is 21.5. The third-order valence-corrected chi connectivity index (χ3v) is 4.51. The molecule has 2 atom stereocenters. The number of carbonyl (C=O) groups is 2. The molecule has 0 aliphatic carbocycles. The van der Waals surface area contributed by atoms with E-state index in [9.17, 15) is 14.0 Å². The molecule has 9 nitrogen and oxygen atoms in total. The van der Waals surface area contributed by atoms with Crippen LogP contribution in [0.25, 0.3) is 5.69 Å². The molecular weight excluding hydrogens is 393 g/mol. The van der Waals surface area contributed by atoms with Crippen LogP contribution in [0, 0.1) is 6.92 Å². The molecule has 0 saturated carbocycles. The Morgan fingerprint density at radius 2 is 2.03 bits per heavy atom. The van der Waals surface area contributed by atoms with Crippen molar-refractivity contribution in [3.63, 3.8) is 0 Å². The lowest BCUT2D eigenvalue weighted by Crippen LogP contribution is -2.50. The summed E-state index contributed by atoms with van der Waals surface area (Å²) in [7, 11) is 0.